The highest BCUT2D eigenvalue weighted by Crippen LogP contribution is 2.40. The first-order valence-corrected chi connectivity index (χ1v) is 10.5. The van der Waals surface area contributed by atoms with Crippen molar-refractivity contribution in [3.8, 4) is 0 Å². The molecule has 6 heteroatoms. The molecule has 1 saturated heterocycles. The van der Waals surface area contributed by atoms with E-state index in [2.05, 4.69) is 43.6 Å². The van der Waals surface area contributed by atoms with Crippen LogP contribution in [0.3, 0.4) is 0 Å². The molecule has 5 nitrogen and oxygen atoms in total. The van der Waals surface area contributed by atoms with Crippen LogP contribution in [-0.2, 0) is 9.53 Å². The number of nitrogens with zero attached hydrogens (tertiary/aromatic N) is 3. The van der Waals surface area contributed by atoms with Crippen LogP contribution in [0.25, 0.3) is 10.3 Å². The number of rotatable bonds is 3. The molecule has 27 heavy (non-hydrogen) atoms. The van der Waals surface area contributed by atoms with Gasteiger partial charge in [-0.25, -0.2) is 9.97 Å². The average molecular weight is 390 g/mol. The number of aryl methyl sites for hydroxylation is 2. The zero-order valence-electron chi connectivity index (χ0n) is 17.5. The molecule has 2 aromatic heterocycles. The lowest BCUT2D eigenvalue weighted by molar-refractivity contribution is -0.149. The third-order valence-electron chi connectivity index (χ3n) is 5.99. The van der Waals surface area contributed by atoms with Gasteiger partial charge in [-0.2, -0.15) is 0 Å². The molecule has 0 N–H and O–H groups in total. The van der Waals surface area contributed by atoms with Crippen molar-refractivity contribution in [3.63, 3.8) is 0 Å². The highest BCUT2D eigenvalue weighted by molar-refractivity contribution is 7.18. The largest absolute Gasteiger partial charge is 0.469 e. The van der Waals surface area contributed by atoms with E-state index in [4.69, 9.17) is 9.72 Å². The van der Waals surface area contributed by atoms with Crippen molar-refractivity contribution in [3.05, 3.63) is 22.3 Å². The summed E-state index contributed by atoms with van der Waals surface area (Å²) in [6.45, 7) is 14.8. The number of aromatic nitrogens is 2. The van der Waals surface area contributed by atoms with E-state index in [0.29, 0.717) is 5.92 Å². The van der Waals surface area contributed by atoms with Gasteiger partial charge in [-0.1, -0.05) is 20.8 Å². The van der Waals surface area contributed by atoms with E-state index in [0.717, 1.165) is 41.2 Å². The van der Waals surface area contributed by atoms with Gasteiger partial charge in [-0.15, -0.1) is 11.3 Å². The van der Waals surface area contributed by atoms with Crippen LogP contribution in [0, 0.1) is 31.1 Å². The van der Waals surface area contributed by atoms with Crippen molar-refractivity contribution in [2.45, 2.75) is 54.0 Å². The first-order valence-electron chi connectivity index (χ1n) is 9.66. The van der Waals surface area contributed by atoms with Crippen LogP contribution < -0.4 is 0 Å². The van der Waals surface area contributed by atoms with E-state index in [1.165, 1.54) is 12.0 Å². The Kier molecular flexibility index (Phi) is 5.59. The van der Waals surface area contributed by atoms with Gasteiger partial charge in [0.15, 0.2) is 0 Å². The Morgan fingerprint density at radius 3 is 2.56 bits per heavy atom. The number of fused-ring (bicyclic) bond motifs is 1. The molecule has 2 aromatic rings. The maximum Gasteiger partial charge on any atom is 0.309 e. The van der Waals surface area contributed by atoms with Gasteiger partial charge in [0.05, 0.1) is 24.4 Å². The second-order valence-corrected chi connectivity index (χ2v) is 9.94. The molecule has 0 aromatic carbocycles. The van der Waals surface area contributed by atoms with Crippen molar-refractivity contribution in [2.75, 3.05) is 20.2 Å². The summed E-state index contributed by atoms with van der Waals surface area (Å²) in [5.41, 5.74) is 3.09. The molecule has 0 bridgehead atoms. The Morgan fingerprint density at radius 1 is 1.26 bits per heavy atom. The number of carbonyl (C=O) groups is 1. The smallest absolute Gasteiger partial charge is 0.309 e. The molecule has 0 aliphatic carbocycles. The van der Waals surface area contributed by atoms with Crippen molar-refractivity contribution in [2.24, 2.45) is 17.3 Å². The van der Waals surface area contributed by atoms with Gasteiger partial charge >= 0.3 is 5.97 Å². The normalized spacial score (nSPS) is 22.8. The Labute approximate surface area is 166 Å². The van der Waals surface area contributed by atoms with Crippen LogP contribution in [-0.4, -0.2) is 41.0 Å². The van der Waals surface area contributed by atoms with E-state index in [1.54, 1.807) is 11.3 Å². The monoisotopic (exact) mass is 389 g/mol. The average Bonchev–Trinajstić information content (AvgIpc) is 3.02. The number of hydrogen-bond acceptors (Lipinski definition) is 6. The van der Waals surface area contributed by atoms with Crippen LogP contribution in [0.1, 0.15) is 56.4 Å². The minimum absolute atomic E-state index is 0.0643. The van der Waals surface area contributed by atoms with Gasteiger partial charge in [-0.05, 0) is 44.6 Å². The quantitative estimate of drug-likeness (QED) is 0.722. The Morgan fingerprint density at radius 2 is 1.93 bits per heavy atom. The number of thiophene rings is 1. The number of esters is 1. The summed E-state index contributed by atoms with van der Waals surface area (Å²) >= 11 is 1.71. The van der Waals surface area contributed by atoms with E-state index >= 15 is 0 Å². The Balaban J connectivity index is 1.89. The first-order chi connectivity index (χ1) is 12.6. The summed E-state index contributed by atoms with van der Waals surface area (Å²) in [6.07, 6.45) is 0.896. The van der Waals surface area contributed by atoms with Crippen LogP contribution in [0.4, 0.5) is 0 Å². The van der Waals surface area contributed by atoms with Crippen molar-refractivity contribution in [1.82, 2.24) is 14.9 Å². The van der Waals surface area contributed by atoms with Crippen molar-refractivity contribution < 1.29 is 9.53 Å². The summed E-state index contributed by atoms with van der Waals surface area (Å²) in [6, 6.07) is 2.39. The van der Waals surface area contributed by atoms with Gasteiger partial charge in [0, 0.05) is 24.0 Å². The predicted octanol–water partition coefficient (Wildman–Crippen LogP) is 4.53. The molecule has 0 spiro atoms. The fourth-order valence-corrected chi connectivity index (χ4v) is 4.95. The minimum Gasteiger partial charge on any atom is -0.469 e. The SMILES string of the molecule is COC(=O)[C@@H]1C[C@@H](C(C)(C)C)CN([C@@H](C)c2cc3nc(C)c(C)nc3s2)C1. The lowest BCUT2D eigenvalue weighted by Gasteiger charge is -2.44. The molecular weight excluding hydrogens is 358 g/mol. The number of ether oxygens (including phenoxy) is 1. The van der Waals surface area contributed by atoms with Gasteiger partial charge in [0.25, 0.3) is 0 Å². The zero-order chi connectivity index (χ0) is 19.9. The molecular formula is C21H31N3O2S. The second kappa shape index (κ2) is 7.47. The topological polar surface area (TPSA) is 55.3 Å². The van der Waals surface area contributed by atoms with Crippen LogP contribution in [0.15, 0.2) is 6.07 Å². The molecule has 3 heterocycles. The number of hydrogen-bond donors (Lipinski definition) is 0. The van der Waals surface area contributed by atoms with Crippen LogP contribution in [0.5, 0.6) is 0 Å². The molecule has 0 radical (unpaired) electrons. The fraction of sp³-hybridized carbons (Fsp3) is 0.667. The summed E-state index contributed by atoms with van der Waals surface area (Å²) in [4.78, 5) is 26.4. The summed E-state index contributed by atoms with van der Waals surface area (Å²) in [5, 5.41) is 0. The molecule has 1 fully saturated rings. The molecule has 148 valence electrons. The third kappa shape index (κ3) is 4.16. The number of carbonyl (C=O) groups excluding carboxylic acids is 1. The maximum absolute atomic E-state index is 12.3. The molecule has 1 aliphatic rings. The van der Waals surface area contributed by atoms with E-state index < -0.39 is 0 Å². The highest BCUT2D eigenvalue weighted by atomic mass is 32.1. The summed E-state index contributed by atoms with van der Waals surface area (Å²) in [7, 11) is 1.49. The van der Waals surface area contributed by atoms with E-state index in [-0.39, 0.29) is 23.3 Å². The molecule has 0 amide bonds. The first kappa shape index (κ1) is 20.2. The second-order valence-electron chi connectivity index (χ2n) is 8.88. The lowest BCUT2D eigenvalue weighted by atomic mass is 9.73. The van der Waals surface area contributed by atoms with Gasteiger partial charge in [0.2, 0.25) is 0 Å². The number of methoxy groups -OCH3 is 1. The summed E-state index contributed by atoms with van der Waals surface area (Å²) < 4.78 is 5.08. The van der Waals surface area contributed by atoms with Gasteiger partial charge in [0.1, 0.15) is 10.3 Å². The van der Waals surface area contributed by atoms with E-state index in [1.807, 2.05) is 13.8 Å². The molecule has 1 aliphatic heterocycles. The van der Waals surface area contributed by atoms with Crippen LogP contribution >= 0.6 is 11.3 Å². The number of piperidine rings is 1. The highest BCUT2D eigenvalue weighted by Gasteiger charge is 2.39. The van der Waals surface area contributed by atoms with Crippen molar-refractivity contribution in [1.29, 1.82) is 0 Å². The standard InChI is InChI=1S/C21H31N3O2S/c1-12-13(2)23-19-17(22-12)9-18(27-19)14(3)24-10-15(20(25)26-7)8-16(11-24)21(4,5)6/h9,14-16H,8,10-11H2,1-7H3/t14-,15+,16+/m0/s1. The third-order valence-corrected chi connectivity index (χ3v) is 7.18. The van der Waals surface area contributed by atoms with Crippen LogP contribution in [0.2, 0.25) is 0 Å². The summed E-state index contributed by atoms with van der Waals surface area (Å²) in [5.74, 6) is 0.297. The molecule has 0 unspecified atom stereocenters. The minimum atomic E-state index is -0.0907. The molecule has 3 rings (SSSR count). The maximum atomic E-state index is 12.3. The lowest BCUT2D eigenvalue weighted by Crippen LogP contribution is -2.47. The fourth-order valence-electron chi connectivity index (χ4n) is 3.84. The van der Waals surface area contributed by atoms with Crippen molar-refractivity contribution >= 4 is 27.7 Å². The van der Waals surface area contributed by atoms with Gasteiger partial charge < -0.3 is 4.74 Å². The number of likely N-dealkylation sites (tertiary alicyclic amines) is 1. The zero-order valence-corrected chi connectivity index (χ0v) is 18.3. The molecule has 0 saturated carbocycles. The Bertz CT molecular complexity index is 801. The molecule has 3 atom stereocenters. The van der Waals surface area contributed by atoms with E-state index in [9.17, 15) is 4.79 Å². The Hall–Kier alpha value is -1.53. The predicted molar refractivity (Wildman–Crippen MR) is 110 cm³/mol. The van der Waals surface area contributed by atoms with Gasteiger partial charge in [-0.3, -0.25) is 9.69 Å².